The van der Waals surface area contributed by atoms with Crippen LogP contribution in [-0.2, 0) is 9.59 Å². The van der Waals surface area contributed by atoms with Gasteiger partial charge in [0.05, 0.1) is 18.2 Å². The van der Waals surface area contributed by atoms with Gasteiger partial charge in [-0.25, -0.2) is 8.78 Å². The largest absolute Gasteiger partial charge is 0.481 e. The van der Waals surface area contributed by atoms with Crippen LogP contribution in [0.4, 0.5) is 14.5 Å². The number of halogens is 2. The highest BCUT2D eigenvalue weighted by Gasteiger charge is 2.25. The van der Waals surface area contributed by atoms with E-state index in [2.05, 4.69) is 5.32 Å². The third-order valence-electron chi connectivity index (χ3n) is 3.51. The second kappa shape index (κ2) is 6.62. The summed E-state index contributed by atoms with van der Waals surface area (Å²) < 4.78 is 26.1. The number of hydrogen-bond donors (Lipinski definition) is 2. The predicted octanol–water partition coefficient (Wildman–Crippen LogP) is 1.70. The molecule has 1 heterocycles. The first-order valence-corrected chi connectivity index (χ1v) is 6.66. The van der Waals surface area contributed by atoms with E-state index in [-0.39, 0.29) is 18.2 Å². The standard InChI is InChI=1S/C14H16F2N2O3/c15-10-1-2-12(11(16)7-10)17-13(19)8-18-5-3-9(4-6-18)14(20)21/h1-2,7,9H,3-6,8H2,(H,17,19)(H,20,21). The number of nitrogens with one attached hydrogen (secondary N) is 1. The molecular formula is C14H16F2N2O3. The molecular weight excluding hydrogens is 282 g/mol. The first kappa shape index (κ1) is 15.4. The summed E-state index contributed by atoms with van der Waals surface area (Å²) in [5.74, 6) is -3.12. The number of rotatable bonds is 4. The molecule has 1 aliphatic heterocycles. The molecule has 21 heavy (non-hydrogen) atoms. The Hall–Kier alpha value is -2.02. The summed E-state index contributed by atoms with van der Waals surface area (Å²) in [6, 6.07) is 2.93. The predicted molar refractivity (Wildman–Crippen MR) is 71.8 cm³/mol. The SMILES string of the molecule is O=C(CN1CCC(C(=O)O)CC1)Nc1ccc(F)cc1F. The van der Waals surface area contributed by atoms with Crippen molar-refractivity contribution in [2.45, 2.75) is 12.8 Å². The minimum absolute atomic E-state index is 0.0587. The van der Waals surface area contributed by atoms with E-state index in [0.717, 1.165) is 6.07 Å². The Morgan fingerprint density at radius 2 is 1.95 bits per heavy atom. The topological polar surface area (TPSA) is 69.6 Å². The molecule has 1 fully saturated rings. The molecule has 2 N–H and O–H groups in total. The van der Waals surface area contributed by atoms with Crippen molar-refractivity contribution < 1.29 is 23.5 Å². The molecule has 7 heteroatoms. The van der Waals surface area contributed by atoms with E-state index in [1.54, 1.807) is 0 Å². The maximum absolute atomic E-state index is 13.4. The van der Waals surface area contributed by atoms with Gasteiger partial charge in [0.25, 0.3) is 0 Å². The molecule has 0 radical (unpaired) electrons. The highest BCUT2D eigenvalue weighted by molar-refractivity contribution is 5.92. The first-order chi connectivity index (χ1) is 9.95. The zero-order valence-corrected chi connectivity index (χ0v) is 11.3. The normalized spacial score (nSPS) is 16.7. The van der Waals surface area contributed by atoms with Crippen LogP contribution in [0.2, 0.25) is 0 Å². The summed E-state index contributed by atoms with van der Waals surface area (Å²) in [5.41, 5.74) is -0.0678. The van der Waals surface area contributed by atoms with E-state index in [9.17, 15) is 18.4 Å². The lowest BCUT2D eigenvalue weighted by Crippen LogP contribution is -2.40. The lowest BCUT2D eigenvalue weighted by atomic mass is 9.97. The van der Waals surface area contributed by atoms with Crippen LogP contribution in [0.25, 0.3) is 0 Å². The highest BCUT2D eigenvalue weighted by Crippen LogP contribution is 2.18. The lowest BCUT2D eigenvalue weighted by Gasteiger charge is -2.29. The maximum atomic E-state index is 13.4. The Morgan fingerprint density at radius 1 is 1.29 bits per heavy atom. The van der Waals surface area contributed by atoms with Crippen molar-refractivity contribution in [2.75, 3.05) is 25.0 Å². The molecule has 114 valence electrons. The number of carbonyl (C=O) groups excluding carboxylic acids is 1. The number of aliphatic carboxylic acids is 1. The number of amides is 1. The third-order valence-corrected chi connectivity index (χ3v) is 3.51. The zero-order chi connectivity index (χ0) is 15.4. The number of carbonyl (C=O) groups is 2. The molecule has 5 nitrogen and oxygen atoms in total. The van der Waals surface area contributed by atoms with Crippen LogP contribution in [0.1, 0.15) is 12.8 Å². The van der Waals surface area contributed by atoms with Crippen LogP contribution < -0.4 is 5.32 Å². The molecule has 1 saturated heterocycles. The summed E-state index contributed by atoms with van der Waals surface area (Å²) in [4.78, 5) is 24.4. The number of benzene rings is 1. The number of anilines is 1. The molecule has 0 bridgehead atoms. The summed E-state index contributed by atoms with van der Waals surface area (Å²) in [5, 5.41) is 11.3. The average Bonchev–Trinajstić information content (AvgIpc) is 2.42. The van der Waals surface area contributed by atoms with Gasteiger partial charge < -0.3 is 10.4 Å². The van der Waals surface area contributed by atoms with Crippen LogP contribution in [-0.4, -0.2) is 41.5 Å². The molecule has 1 aromatic rings. The van der Waals surface area contributed by atoms with Crippen molar-refractivity contribution in [3.05, 3.63) is 29.8 Å². The Balaban J connectivity index is 1.84. The number of carboxylic acid groups (broad SMARTS) is 1. The van der Waals surface area contributed by atoms with E-state index >= 15 is 0 Å². The fourth-order valence-electron chi connectivity index (χ4n) is 2.32. The van der Waals surface area contributed by atoms with E-state index in [1.165, 1.54) is 6.07 Å². The molecule has 0 unspecified atom stereocenters. The van der Waals surface area contributed by atoms with Gasteiger partial charge in [0.2, 0.25) is 5.91 Å². The molecule has 0 aromatic heterocycles. The van der Waals surface area contributed by atoms with Crippen LogP contribution in [0, 0.1) is 17.6 Å². The van der Waals surface area contributed by atoms with Crippen LogP contribution in [0.3, 0.4) is 0 Å². The van der Waals surface area contributed by atoms with Gasteiger partial charge >= 0.3 is 5.97 Å². The second-order valence-electron chi connectivity index (χ2n) is 5.06. The minimum atomic E-state index is -0.826. The van der Waals surface area contributed by atoms with Crippen molar-refractivity contribution in [1.82, 2.24) is 4.90 Å². The summed E-state index contributed by atoms with van der Waals surface area (Å²) >= 11 is 0. The van der Waals surface area contributed by atoms with Gasteiger partial charge in [-0.2, -0.15) is 0 Å². The minimum Gasteiger partial charge on any atom is -0.481 e. The van der Waals surface area contributed by atoms with Gasteiger partial charge in [0.15, 0.2) is 0 Å². The molecule has 0 spiro atoms. The molecule has 1 amide bonds. The van der Waals surface area contributed by atoms with Gasteiger partial charge in [0.1, 0.15) is 11.6 Å². The smallest absolute Gasteiger partial charge is 0.306 e. The van der Waals surface area contributed by atoms with Crippen molar-refractivity contribution in [3.63, 3.8) is 0 Å². The number of piperidine rings is 1. The van der Waals surface area contributed by atoms with E-state index in [0.29, 0.717) is 32.0 Å². The zero-order valence-electron chi connectivity index (χ0n) is 11.3. The van der Waals surface area contributed by atoms with Crippen molar-refractivity contribution in [2.24, 2.45) is 5.92 Å². The van der Waals surface area contributed by atoms with Crippen molar-refractivity contribution in [3.8, 4) is 0 Å². The monoisotopic (exact) mass is 298 g/mol. The average molecular weight is 298 g/mol. The quantitative estimate of drug-likeness (QED) is 0.887. The Kier molecular flexibility index (Phi) is 4.85. The fraction of sp³-hybridized carbons (Fsp3) is 0.429. The van der Waals surface area contributed by atoms with Crippen LogP contribution in [0.5, 0.6) is 0 Å². The fourth-order valence-corrected chi connectivity index (χ4v) is 2.32. The lowest BCUT2D eigenvalue weighted by molar-refractivity contribution is -0.143. The number of nitrogens with zero attached hydrogens (tertiary/aromatic N) is 1. The van der Waals surface area contributed by atoms with E-state index in [1.807, 2.05) is 4.90 Å². The van der Waals surface area contributed by atoms with E-state index < -0.39 is 23.5 Å². The summed E-state index contributed by atoms with van der Waals surface area (Å²) in [7, 11) is 0. The molecule has 0 aliphatic carbocycles. The second-order valence-corrected chi connectivity index (χ2v) is 5.06. The molecule has 0 atom stereocenters. The van der Waals surface area contributed by atoms with Gasteiger partial charge in [-0.05, 0) is 38.1 Å². The van der Waals surface area contributed by atoms with Crippen molar-refractivity contribution >= 4 is 17.6 Å². The Morgan fingerprint density at radius 3 is 2.52 bits per heavy atom. The Bertz CT molecular complexity index is 543. The first-order valence-electron chi connectivity index (χ1n) is 6.66. The van der Waals surface area contributed by atoms with Gasteiger partial charge in [0, 0.05) is 6.07 Å². The number of likely N-dealkylation sites (tertiary alicyclic amines) is 1. The highest BCUT2D eigenvalue weighted by atomic mass is 19.1. The molecule has 0 saturated carbocycles. The molecule has 1 aromatic carbocycles. The molecule has 2 rings (SSSR count). The van der Waals surface area contributed by atoms with Gasteiger partial charge in [-0.15, -0.1) is 0 Å². The number of carboxylic acids is 1. The van der Waals surface area contributed by atoms with E-state index in [4.69, 9.17) is 5.11 Å². The number of hydrogen-bond acceptors (Lipinski definition) is 3. The molecule has 1 aliphatic rings. The van der Waals surface area contributed by atoms with Crippen LogP contribution in [0.15, 0.2) is 18.2 Å². The summed E-state index contributed by atoms with van der Waals surface area (Å²) in [6.07, 6.45) is 0.987. The van der Waals surface area contributed by atoms with Crippen LogP contribution >= 0.6 is 0 Å². The maximum Gasteiger partial charge on any atom is 0.306 e. The third kappa shape index (κ3) is 4.22. The summed E-state index contributed by atoms with van der Waals surface area (Å²) in [6.45, 7) is 1.08. The van der Waals surface area contributed by atoms with Crippen molar-refractivity contribution in [1.29, 1.82) is 0 Å². The van der Waals surface area contributed by atoms with Gasteiger partial charge in [-0.3, -0.25) is 14.5 Å². The Labute approximate surface area is 120 Å². The van der Waals surface area contributed by atoms with Gasteiger partial charge in [-0.1, -0.05) is 0 Å².